The zero-order valence-electron chi connectivity index (χ0n) is 11.4. The van der Waals surface area contributed by atoms with Gasteiger partial charge in [0.1, 0.15) is 12.2 Å². The summed E-state index contributed by atoms with van der Waals surface area (Å²) in [5.74, 6) is -2.04. The fourth-order valence-electron chi connectivity index (χ4n) is 1.89. The molecule has 0 spiro atoms. The van der Waals surface area contributed by atoms with Crippen molar-refractivity contribution in [2.24, 2.45) is 5.16 Å². The zero-order valence-corrected chi connectivity index (χ0v) is 11.4. The molecule has 0 fully saturated rings. The van der Waals surface area contributed by atoms with Crippen molar-refractivity contribution < 1.29 is 19.5 Å². The summed E-state index contributed by atoms with van der Waals surface area (Å²) in [6.07, 6.45) is 1.49. The van der Waals surface area contributed by atoms with Crippen LogP contribution in [0, 0.1) is 0 Å². The first-order valence-electron chi connectivity index (χ1n) is 6.22. The van der Waals surface area contributed by atoms with Gasteiger partial charge >= 0.3 is 5.91 Å². The van der Waals surface area contributed by atoms with Gasteiger partial charge in [0.15, 0.2) is 5.76 Å². The Labute approximate surface area is 121 Å². The number of para-hydroxylation sites is 1. The van der Waals surface area contributed by atoms with E-state index in [1.54, 1.807) is 30.3 Å². The molecular weight excluding hydrogens is 272 g/mol. The van der Waals surface area contributed by atoms with Crippen LogP contribution in [0.25, 0.3) is 0 Å². The lowest BCUT2D eigenvalue weighted by Gasteiger charge is -2.13. The van der Waals surface area contributed by atoms with Gasteiger partial charge in [-0.1, -0.05) is 36.0 Å². The Kier molecular flexibility index (Phi) is 4.18. The van der Waals surface area contributed by atoms with Gasteiger partial charge in [0, 0.05) is 0 Å². The summed E-state index contributed by atoms with van der Waals surface area (Å²) in [6.45, 7) is 5.11. The van der Waals surface area contributed by atoms with Crippen LogP contribution >= 0.6 is 0 Å². The van der Waals surface area contributed by atoms with Crippen molar-refractivity contribution in [3.8, 4) is 0 Å². The molecule has 108 valence electrons. The quantitative estimate of drug-likeness (QED) is 0.295. The summed E-state index contributed by atoms with van der Waals surface area (Å²) >= 11 is 0. The maximum absolute atomic E-state index is 12.3. The van der Waals surface area contributed by atoms with E-state index in [-0.39, 0.29) is 17.9 Å². The summed E-state index contributed by atoms with van der Waals surface area (Å²) in [6, 6.07) is 8.36. The Morgan fingerprint density at radius 1 is 1.33 bits per heavy atom. The minimum Gasteiger partial charge on any atom is -0.502 e. The third-order valence-electron chi connectivity index (χ3n) is 2.83. The smallest absolute Gasteiger partial charge is 0.301 e. The van der Waals surface area contributed by atoms with E-state index in [0.29, 0.717) is 5.69 Å². The summed E-state index contributed by atoms with van der Waals surface area (Å²) in [4.78, 5) is 30.2. The third-order valence-corrected chi connectivity index (χ3v) is 2.83. The number of nitrogens with zero attached hydrogens (tertiary/aromatic N) is 2. The number of anilines is 1. The molecule has 0 saturated carbocycles. The van der Waals surface area contributed by atoms with Gasteiger partial charge in [-0.2, -0.15) is 0 Å². The monoisotopic (exact) mass is 286 g/mol. The number of hydrogen-bond donors (Lipinski definition) is 1. The number of hydrogen-bond acceptors (Lipinski definition) is 5. The summed E-state index contributed by atoms with van der Waals surface area (Å²) in [7, 11) is 0. The van der Waals surface area contributed by atoms with Crippen LogP contribution in [0.15, 0.2) is 59.5 Å². The highest BCUT2D eigenvalue weighted by molar-refractivity contribution is 6.41. The molecular formula is C15H14N2O4. The zero-order chi connectivity index (χ0) is 15.4. The fraction of sp³-hybridized carbons (Fsp3) is 0.133. The fourth-order valence-corrected chi connectivity index (χ4v) is 1.89. The van der Waals surface area contributed by atoms with E-state index in [9.17, 15) is 14.7 Å². The second kappa shape index (κ2) is 6.04. The number of carbonyl (C=O) groups is 2. The Morgan fingerprint density at radius 3 is 2.62 bits per heavy atom. The molecule has 1 aliphatic heterocycles. The second-order valence-corrected chi connectivity index (χ2v) is 4.27. The molecule has 21 heavy (non-hydrogen) atoms. The Hall–Kier alpha value is -2.89. The molecule has 0 bridgehead atoms. The number of rotatable bonds is 5. The van der Waals surface area contributed by atoms with E-state index in [0.717, 1.165) is 4.90 Å². The average Bonchev–Trinajstić information content (AvgIpc) is 2.70. The molecule has 1 heterocycles. The maximum Gasteiger partial charge on any atom is 0.301 e. The van der Waals surface area contributed by atoms with Crippen molar-refractivity contribution in [3.63, 3.8) is 0 Å². The lowest BCUT2D eigenvalue weighted by atomic mass is 10.1. The van der Waals surface area contributed by atoms with Crippen molar-refractivity contribution in [1.82, 2.24) is 0 Å². The van der Waals surface area contributed by atoms with Crippen LogP contribution in [0.5, 0.6) is 0 Å². The van der Waals surface area contributed by atoms with E-state index in [4.69, 9.17) is 4.84 Å². The molecule has 0 aliphatic carbocycles. The van der Waals surface area contributed by atoms with Crippen LogP contribution in [0.2, 0.25) is 0 Å². The van der Waals surface area contributed by atoms with E-state index >= 15 is 0 Å². The average molecular weight is 286 g/mol. The van der Waals surface area contributed by atoms with Crippen LogP contribution in [-0.2, 0) is 14.4 Å². The molecule has 6 heteroatoms. The summed E-state index contributed by atoms with van der Waals surface area (Å²) < 4.78 is 0. The SMILES string of the molecule is C=CCO/N=C(\C)C1=C(O)C(=O)N(c2ccccc2)C1=O. The highest BCUT2D eigenvalue weighted by Crippen LogP contribution is 2.26. The van der Waals surface area contributed by atoms with E-state index in [1.807, 2.05) is 0 Å². The highest BCUT2D eigenvalue weighted by atomic mass is 16.6. The molecule has 0 unspecified atom stereocenters. The van der Waals surface area contributed by atoms with Gasteiger partial charge in [-0.25, -0.2) is 4.90 Å². The summed E-state index contributed by atoms with van der Waals surface area (Å²) in [5.41, 5.74) is 0.355. The molecule has 2 amide bonds. The number of aliphatic hydroxyl groups excluding tert-OH is 1. The number of oxime groups is 1. The highest BCUT2D eigenvalue weighted by Gasteiger charge is 2.40. The first kappa shape index (κ1) is 14.5. The molecule has 2 rings (SSSR count). The number of amides is 2. The van der Waals surface area contributed by atoms with Crippen LogP contribution in [-0.4, -0.2) is 29.2 Å². The predicted octanol–water partition coefficient (Wildman–Crippen LogP) is 1.95. The standard InChI is InChI=1S/C15H14N2O4/c1-3-9-21-16-10(2)12-13(18)15(20)17(14(12)19)11-7-5-4-6-8-11/h3-8,18H,1,9H2,2H3/b16-10+. The molecule has 6 nitrogen and oxygen atoms in total. The van der Waals surface area contributed by atoms with Gasteiger partial charge < -0.3 is 9.94 Å². The van der Waals surface area contributed by atoms with Gasteiger partial charge in [0.05, 0.1) is 11.4 Å². The number of benzene rings is 1. The summed E-state index contributed by atoms with van der Waals surface area (Å²) in [5, 5.41) is 13.6. The van der Waals surface area contributed by atoms with E-state index < -0.39 is 17.6 Å². The van der Waals surface area contributed by atoms with Gasteiger partial charge in [-0.05, 0) is 19.1 Å². The molecule has 0 radical (unpaired) electrons. The van der Waals surface area contributed by atoms with Crippen molar-refractivity contribution in [1.29, 1.82) is 0 Å². The maximum atomic E-state index is 12.3. The van der Waals surface area contributed by atoms with Crippen LogP contribution in [0.4, 0.5) is 5.69 Å². The predicted molar refractivity (Wildman–Crippen MR) is 77.8 cm³/mol. The Bertz CT molecular complexity index is 647. The Balaban J connectivity index is 2.32. The number of carbonyl (C=O) groups excluding carboxylic acids is 2. The first-order valence-corrected chi connectivity index (χ1v) is 6.22. The van der Waals surface area contributed by atoms with Crippen molar-refractivity contribution >= 4 is 23.2 Å². The first-order chi connectivity index (χ1) is 10.1. The van der Waals surface area contributed by atoms with Crippen molar-refractivity contribution in [2.45, 2.75) is 6.92 Å². The Morgan fingerprint density at radius 2 is 2.00 bits per heavy atom. The van der Waals surface area contributed by atoms with Crippen molar-refractivity contribution in [2.75, 3.05) is 11.5 Å². The molecule has 1 aliphatic rings. The van der Waals surface area contributed by atoms with Gasteiger partial charge in [0.25, 0.3) is 5.91 Å². The van der Waals surface area contributed by atoms with Crippen molar-refractivity contribution in [3.05, 3.63) is 54.3 Å². The van der Waals surface area contributed by atoms with Crippen LogP contribution < -0.4 is 4.90 Å². The van der Waals surface area contributed by atoms with E-state index in [1.165, 1.54) is 13.0 Å². The molecule has 1 N–H and O–H groups in total. The van der Waals surface area contributed by atoms with Gasteiger partial charge in [-0.3, -0.25) is 9.59 Å². The van der Waals surface area contributed by atoms with E-state index in [2.05, 4.69) is 11.7 Å². The molecule has 0 aromatic heterocycles. The normalized spacial score (nSPS) is 15.7. The third kappa shape index (κ3) is 2.69. The minimum absolute atomic E-state index is 0.131. The van der Waals surface area contributed by atoms with Gasteiger partial charge in [0.2, 0.25) is 0 Å². The van der Waals surface area contributed by atoms with Gasteiger partial charge in [-0.15, -0.1) is 0 Å². The molecule has 0 atom stereocenters. The number of imide groups is 1. The lowest BCUT2D eigenvalue weighted by molar-refractivity contribution is -0.121. The number of aliphatic hydroxyl groups is 1. The van der Waals surface area contributed by atoms with Crippen LogP contribution in [0.3, 0.4) is 0 Å². The molecule has 0 saturated heterocycles. The van der Waals surface area contributed by atoms with Crippen LogP contribution in [0.1, 0.15) is 6.92 Å². The largest absolute Gasteiger partial charge is 0.502 e. The lowest BCUT2D eigenvalue weighted by Crippen LogP contribution is -2.32. The minimum atomic E-state index is -0.778. The molecule has 1 aromatic rings. The second-order valence-electron chi connectivity index (χ2n) is 4.27. The topological polar surface area (TPSA) is 79.2 Å². The molecule has 1 aromatic carbocycles.